The van der Waals surface area contributed by atoms with Crippen LogP contribution in [0.4, 0.5) is 0 Å². The molecule has 78 valence electrons. The summed E-state index contributed by atoms with van der Waals surface area (Å²) in [6.45, 7) is 6.52. The van der Waals surface area contributed by atoms with Crippen LogP contribution in [0.2, 0.25) is 0 Å². The molecule has 1 nitrogen and oxygen atoms in total. The van der Waals surface area contributed by atoms with Gasteiger partial charge in [-0.2, -0.15) is 0 Å². The lowest BCUT2D eigenvalue weighted by molar-refractivity contribution is 0.465. The third kappa shape index (κ3) is 2.63. The lowest BCUT2D eigenvalue weighted by atomic mass is 9.86. The molecule has 0 radical (unpaired) electrons. The fourth-order valence-electron chi connectivity index (χ4n) is 1.19. The Kier molecular flexibility index (Phi) is 3.86. The number of alkyl halides is 1. The maximum absolute atomic E-state index is 9.75. The summed E-state index contributed by atoms with van der Waals surface area (Å²) in [5.74, 6) is 0.399. The summed E-state index contributed by atoms with van der Waals surface area (Å²) in [4.78, 5) is 0. The van der Waals surface area contributed by atoms with Crippen molar-refractivity contribution in [2.24, 2.45) is 0 Å². The molecule has 1 N–H and O–H groups in total. The van der Waals surface area contributed by atoms with Crippen LogP contribution in [0.25, 0.3) is 0 Å². The van der Waals surface area contributed by atoms with E-state index in [1.54, 1.807) is 0 Å². The molecule has 0 aromatic heterocycles. The van der Waals surface area contributed by atoms with Crippen molar-refractivity contribution >= 4 is 38.5 Å². The molecular weight excluding hydrogens is 355 g/mol. The van der Waals surface area contributed by atoms with Crippen molar-refractivity contribution in [2.75, 3.05) is 0 Å². The Bertz CT molecular complexity index is 342. The fraction of sp³-hybridized carbons (Fsp3) is 0.455. The van der Waals surface area contributed by atoms with E-state index in [4.69, 9.17) is 0 Å². The maximum Gasteiger partial charge on any atom is 0.132 e. The predicted molar refractivity (Wildman–Crippen MR) is 72.2 cm³/mol. The van der Waals surface area contributed by atoms with Crippen LogP contribution >= 0.6 is 38.5 Å². The quantitative estimate of drug-likeness (QED) is 0.582. The van der Waals surface area contributed by atoms with Gasteiger partial charge in [-0.05, 0) is 39.6 Å². The Labute approximate surface area is 107 Å². The van der Waals surface area contributed by atoms with E-state index in [1.807, 2.05) is 6.07 Å². The van der Waals surface area contributed by atoms with Crippen molar-refractivity contribution in [2.45, 2.75) is 31.5 Å². The molecule has 14 heavy (non-hydrogen) atoms. The van der Waals surface area contributed by atoms with Gasteiger partial charge in [0.25, 0.3) is 0 Å². The molecule has 0 saturated carbocycles. The van der Waals surface area contributed by atoms with Crippen molar-refractivity contribution in [1.82, 2.24) is 0 Å². The molecule has 0 bridgehead atoms. The molecule has 0 spiro atoms. The van der Waals surface area contributed by atoms with Crippen molar-refractivity contribution in [1.29, 1.82) is 0 Å². The molecule has 1 rings (SSSR count). The Balaban J connectivity index is 3.30. The first-order valence-electron chi connectivity index (χ1n) is 4.44. The normalized spacial score (nSPS) is 11.8. The molecule has 1 aromatic carbocycles. The minimum Gasteiger partial charge on any atom is -0.507 e. The fourth-order valence-corrected chi connectivity index (χ4v) is 2.30. The van der Waals surface area contributed by atoms with Gasteiger partial charge >= 0.3 is 0 Å². The molecule has 0 aliphatic heterocycles. The zero-order valence-electron chi connectivity index (χ0n) is 8.56. The van der Waals surface area contributed by atoms with Crippen molar-refractivity contribution in [3.8, 4) is 5.75 Å². The lowest BCUT2D eigenvalue weighted by Crippen LogP contribution is -2.11. The zero-order valence-corrected chi connectivity index (χ0v) is 12.3. The van der Waals surface area contributed by atoms with Crippen LogP contribution in [0.5, 0.6) is 5.75 Å². The van der Waals surface area contributed by atoms with Crippen molar-refractivity contribution in [3.63, 3.8) is 0 Å². The Morgan fingerprint density at radius 2 is 1.93 bits per heavy atom. The van der Waals surface area contributed by atoms with E-state index in [0.717, 1.165) is 9.13 Å². The molecule has 0 aliphatic rings. The minimum atomic E-state index is 0.130. The molecule has 3 heteroatoms. The van der Waals surface area contributed by atoms with E-state index in [0.29, 0.717) is 11.1 Å². The lowest BCUT2D eigenvalue weighted by Gasteiger charge is -2.20. The summed E-state index contributed by atoms with van der Waals surface area (Å²) >= 11 is 5.55. The van der Waals surface area contributed by atoms with Gasteiger partial charge in [0.2, 0.25) is 0 Å². The number of phenols is 1. The van der Waals surface area contributed by atoms with E-state index in [1.165, 1.54) is 5.56 Å². The van der Waals surface area contributed by atoms with E-state index in [-0.39, 0.29) is 5.41 Å². The standard InChI is InChI=1S/C11H14BrIO/c1-11(2,3)8-4-7(6-12)10(14)9(13)5-8/h4-5,14H,6H2,1-3H3. The van der Waals surface area contributed by atoms with Crippen LogP contribution in [0, 0.1) is 3.57 Å². The first-order chi connectivity index (χ1) is 6.36. The first-order valence-corrected chi connectivity index (χ1v) is 6.64. The number of halogens is 2. The minimum absolute atomic E-state index is 0.130. The molecular formula is C11H14BrIO. The second kappa shape index (κ2) is 4.39. The van der Waals surface area contributed by atoms with E-state index < -0.39 is 0 Å². The summed E-state index contributed by atoms with van der Waals surface area (Å²) in [6.07, 6.45) is 0. The number of hydrogen-bond acceptors (Lipinski definition) is 1. The van der Waals surface area contributed by atoms with Crippen LogP contribution in [0.3, 0.4) is 0 Å². The van der Waals surface area contributed by atoms with Gasteiger partial charge in [-0.15, -0.1) is 0 Å². The molecule has 0 heterocycles. The van der Waals surface area contributed by atoms with E-state index in [9.17, 15) is 5.11 Å². The van der Waals surface area contributed by atoms with E-state index >= 15 is 0 Å². The highest BCUT2D eigenvalue weighted by atomic mass is 127. The maximum atomic E-state index is 9.75. The third-order valence-corrected chi connectivity index (χ3v) is 3.58. The zero-order chi connectivity index (χ0) is 10.9. The van der Waals surface area contributed by atoms with Gasteiger partial charge in [-0.3, -0.25) is 0 Å². The second-order valence-corrected chi connectivity index (χ2v) is 6.07. The van der Waals surface area contributed by atoms with Gasteiger partial charge < -0.3 is 5.11 Å². The molecule has 0 saturated heterocycles. The molecule has 0 atom stereocenters. The highest BCUT2D eigenvalue weighted by Crippen LogP contribution is 2.32. The number of phenolic OH excluding ortho intramolecular Hbond substituents is 1. The summed E-state index contributed by atoms with van der Waals surface area (Å²) < 4.78 is 0.921. The summed E-state index contributed by atoms with van der Waals surface area (Å²) in [5.41, 5.74) is 2.35. The number of hydrogen-bond donors (Lipinski definition) is 1. The molecule has 0 unspecified atom stereocenters. The smallest absolute Gasteiger partial charge is 0.132 e. The summed E-state index contributed by atoms with van der Waals surface area (Å²) in [7, 11) is 0. The van der Waals surface area contributed by atoms with Gasteiger partial charge in [-0.25, -0.2) is 0 Å². The van der Waals surface area contributed by atoms with Crippen LogP contribution in [0.15, 0.2) is 12.1 Å². The Morgan fingerprint density at radius 1 is 1.36 bits per heavy atom. The average molecular weight is 369 g/mol. The van der Waals surface area contributed by atoms with Gasteiger partial charge in [0.15, 0.2) is 0 Å². The molecule has 0 fully saturated rings. The third-order valence-electron chi connectivity index (χ3n) is 2.15. The monoisotopic (exact) mass is 368 g/mol. The predicted octanol–water partition coefficient (Wildman–Crippen LogP) is 4.19. The van der Waals surface area contributed by atoms with Crippen molar-refractivity contribution in [3.05, 3.63) is 26.8 Å². The molecule has 1 aromatic rings. The van der Waals surface area contributed by atoms with Gasteiger partial charge in [-0.1, -0.05) is 42.8 Å². The molecule has 0 aliphatic carbocycles. The number of benzene rings is 1. The van der Waals surface area contributed by atoms with Crippen LogP contribution in [-0.2, 0) is 10.7 Å². The Hall–Kier alpha value is 0.230. The summed E-state index contributed by atoms with van der Waals surface area (Å²) in [5, 5.41) is 10.4. The number of rotatable bonds is 1. The largest absolute Gasteiger partial charge is 0.507 e. The van der Waals surface area contributed by atoms with Gasteiger partial charge in [0.05, 0.1) is 3.57 Å². The number of aromatic hydroxyl groups is 1. The van der Waals surface area contributed by atoms with Gasteiger partial charge in [0, 0.05) is 10.9 Å². The van der Waals surface area contributed by atoms with Crippen LogP contribution in [0.1, 0.15) is 31.9 Å². The van der Waals surface area contributed by atoms with E-state index in [2.05, 4.69) is 65.4 Å². The Morgan fingerprint density at radius 3 is 2.36 bits per heavy atom. The highest BCUT2D eigenvalue weighted by Gasteiger charge is 2.17. The first kappa shape index (κ1) is 12.3. The van der Waals surface area contributed by atoms with Crippen LogP contribution in [-0.4, -0.2) is 5.11 Å². The summed E-state index contributed by atoms with van der Waals surface area (Å²) in [6, 6.07) is 4.11. The molecule has 0 amide bonds. The SMILES string of the molecule is CC(C)(C)c1cc(I)c(O)c(CBr)c1. The average Bonchev–Trinajstić information content (AvgIpc) is 2.07. The second-order valence-electron chi connectivity index (χ2n) is 4.35. The van der Waals surface area contributed by atoms with Crippen molar-refractivity contribution < 1.29 is 5.11 Å². The van der Waals surface area contributed by atoms with Gasteiger partial charge in [0.1, 0.15) is 5.75 Å². The highest BCUT2D eigenvalue weighted by molar-refractivity contribution is 14.1. The van der Waals surface area contributed by atoms with Crippen LogP contribution < -0.4 is 0 Å². The topological polar surface area (TPSA) is 20.2 Å².